The first-order valence-corrected chi connectivity index (χ1v) is 7.84. The van der Waals surface area contributed by atoms with Gasteiger partial charge in [-0.3, -0.25) is 4.79 Å². The summed E-state index contributed by atoms with van der Waals surface area (Å²) in [4.78, 5) is 23.1. The average Bonchev–Trinajstić information content (AvgIpc) is 2.98. The third-order valence-electron chi connectivity index (χ3n) is 2.57. The second-order valence-electron chi connectivity index (χ2n) is 3.99. The number of nitrogens with one attached hydrogen (secondary N) is 1. The summed E-state index contributed by atoms with van der Waals surface area (Å²) in [6.45, 7) is 0. The van der Waals surface area contributed by atoms with E-state index in [0.29, 0.717) is 5.75 Å². The van der Waals surface area contributed by atoms with Crippen molar-refractivity contribution < 1.29 is 19.4 Å². The van der Waals surface area contributed by atoms with Crippen LogP contribution in [0.15, 0.2) is 39.9 Å². The van der Waals surface area contributed by atoms with Crippen LogP contribution < -0.4 is 10.1 Å². The number of rotatable bonds is 6. The minimum atomic E-state index is -1.12. The van der Waals surface area contributed by atoms with Gasteiger partial charge in [0.05, 0.1) is 28.3 Å². The lowest BCUT2D eigenvalue weighted by Gasteiger charge is -2.09. The Labute approximate surface area is 129 Å². The number of hydrogen-bond donors (Lipinski definition) is 2. The van der Waals surface area contributed by atoms with Crippen molar-refractivity contribution in [2.24, 2.45) is 0 Å². The van der Waals surface area contributed by atoms with E-state index in [-0.39, 0.29) is 22.9 Å². The number of thioether (sulfide) groups is 1. The lowest BCUT2D eigenvalue weighted by atomic mass is 10.1. The molecular weight excluding hydrogens is 310 g/mol. The number of aromatic carboxylic acids is 1. The Hall–Kier alpha value is -1.99. The molecule has 7 heteroatoms. The zero-order valence-electron chi connectivity index (χ0n) is 11.2. The second-order valence-corrected chi connectivity index (χ2v) is 6.21. The molecule has 0 spiro atoms. The lowest BCUT2D eigenvalue weighted by molar-refractivity contribution is -0.113. The van der Waals surface area contributed by atoms with Crippen molar-refractivity contribution in [3.8, 4) is 5.75 Å². The molecule has 0 atom stereocenters. The molecule has 110 valence electrons. The van der Waals surface area contributed by atoms with Gasteiger partial charge in [-0.2, -0.15) is 0 Å². The maximum absolute atomic E-state index is 11.9. The van der Waals surface area contributed by atoms with Gasteiger partial charge in [0.15, 0.2) is 0 Å². The maximum atomic E-state index is 11.9. The third-order valence-corrected chi connectivity index (χ3v) is 4.70. The molecule has 2 aromatic rings. The van der Waals surface area contributed by atoms with Gasteiger partial charge in [0.25, 0.3) is 0 Å². The molecule has 0 saturated carbocycles. The number of methoxy groups -OCH3 is 1. The van der Waals surface area contributed by atoms with Crippen molar-refractivity contribution >= 4 is 40.7 Å². The van der Waals surface area contributed by atoms with Crippen LogP contribution in [0.4, 0.5) is 5.69 Å². The highest BCUT2D eigenvalue weighted by molar-refractivity contribution is 8.01. The van der Waals surface area contributed by atoms with Gasteiger partial charge >= 0.3 is 5.97 Å². The quantitative estimate of drug-likeness (QED) is 0.799. The fourth-order valence-corrected chi connectivity index (χ4v) is 3.19. The van der Waals surface area contributed by atoms with Crippen LogP contribution in [-0.2, 0) is 4.79 Å². The smallest absolute Gasteiger partial charge is 0.337 e. The van der Waals surface area contributed by atoms with Crippen LogP contribution in [0.3, 0.4) is 0 Å². The number of ether oxygens (including phenoxy) is 1. The zero-order valence-corrected chi connectivity index (χ0v) is 12.8. The molecule has 5 nitrogen and oxygen atoms in total. The fraction of sp³-hybridized carbons (Fsp3) is 0.143. The molecule has 21 heavy (non-hydrogen) atoms. The molecule has 0 saturated heterocycles. The van der Waals surface area contributed by atoms with Gasteiger partial charge in [0.2, 0.25) is 5.91 Å². The predicted octanol–water partition coefficient (Wildman–Crippen LogP) is 3.19. The van der Waals surface area contributed by atoms with Crippen molar-refractivity contribution in [2.75, 3.05) is 18.2 Å². The lowest BCUT2D eigenvalue weighted by Crippen LogP contribution is -2.16. The summed E-state index contributed by atoms with van der Waals surface area (Å²) in [5, 5.41) is 13.7. The van der Waals surface area contributed by atoms with Crippen LogP contribution in [0.5, 0.6) is 5.75 Å². The normalized spacial score (nSPS) is 10.1. The number of thiophene rings is 1. The van der Waals surface area contributed by atoms with Crippen molar-refractivity contribution in [2.45, 2.75) is 4.21 Å². The van der Waals surface area contributed by atoms with E-state index < -0.39 is 5.97 Å². The highest BCUT2D eigenvalue weighted by atomic mass is 32.2. The number of benzene rings is 1. The standard InChI is InChI=1S/C14H13NO4S2/c1-19-9-4-5-11(10(7-9)14(17)18)15-12(16)8-21-13-3-2-6-20-13/h2-7H,8H2,1H3,(H,15,16)(H,17,18). The van der Waals surface area contributed by atoms with Crippen molar-refractivity contribution in [1.82, 2.24) is 0 Å². The summed E-state index contributed by atoms with van der Waals surface area (Å²) in [5.41, 5.74) is 0.268. The Morgan fingerprint density at radius 3 is 2.81 bits per heavy atom. The van der Waals surface area contributed by atoms with Crippen LogP contribution in [-0.4, -0.2) is 29.8 Å². The molecule has 1 amide bonds. The first-order chi connectivity index (χ1) is 10.1. The summed E-state index contributed by atoms with van der Waals surface area (Å²) in [5.74, 6) is -0.708. The monoisotopic (exact) mass is 323 g/mol. The van der Waals surface area contributed by atoms with Crippen LogP contribution in [0.25, 0.3) is 0 Å². The molecule has 0 fully saturated rings. The molecule has 0 aliphatic carbocycles. The molecule has 1 aromatic carbocycles. The maximum Gasteiger partial charge on any atom is 0.337 e. The Bertz CT molecular complexity index is 640. The number of carbonyl (C=O) groups excluding carboxylic acids is 1. The molecule has 0 radical (unpaired) electrons. The highest BCUT2D eigenvalue weighted by Crippen LogP contribution is 2.25. The van der Waals surface area contributed by atoms with E-state index in [2.05, 4.69) is 5.32 Å². The van der Waals surface area contributed by atoms with E-state index in [1.165, 1.54) is 31.0 Å². The number of carboxylic acids is 1. The van der Waals surface area contributed by atoms with Gasteiger partial charge in [-0.15, -0.1) is 23.1 Å². The molecule has 0 bridgehead atoms. The van der Waals surface area contributed by atoms with Crippen LogP contribution in [0.1, 0.15) is 10.4 Å². The van der Waals surface area contributed by atoms with Crippen molar-refractivity contribution in [3.05, 3.63) is 41.3 Å². The van der Waals surface area contributed by atoms with E-state index in [4.69, 9.17) is 9.84 Å². The predicted molar refractivity (Wildman–Crippen MR) is 83.6 cm³/mol. The van der Waals surface area contributed by atoms with Crippen LogP contribution in [0.2, 0.25) is 0 Å². The molecular formula is C14H13NO4S2. The molecule has 0 aliphatic heterocycles. The SMILES string of the molecule is COc1ccc(NC(=O)CSc2cccs2)c(C(=O)O)c1. The Morgan fingerprint density at radius 1 is 1.38 bits per heavy atom. The van der Waals surface area contributed by atoms with Gasteiger partial charge in [-0.05, 0) is 29.6 Å². The summed E-state index contributed by atoms with van der Waals surface area (Å²) in [7, 11) is 1.46. The first-order valence-electron chi connectivity index (χ1n) is 5.97. The number of carbonyl (C=O) groups is 2. The van der Waals surface area contributed by atoms with Crippen LogP contribution >= 0.6 is 23.1 Å². The van der Waals surface area contributed by atoms with Gasteiger partial charge < -0.3 is 15.2 Å². The number of hydrogen-bond acceptors (Lipinski definition) is 5. The Kier molecular flexibility index (Phi) is 5.24. The number of carboxylic acid groups (broad SMARTS) is 1. The van der Waals surface area contributed by atoms with Gasteiger partial charge in [0.1, 0.15) is 5.75 Å². The zero-order chi connectivity index (χ0) is 15.2. The second kappa shape index (κ2) is 7.14. The molecule has 0 aliphatic rings. The summed E-state index contributed by atoms with van der Waals surface area (Å²) < 4.78 is 6.02. The minimum absolute atomic E-state index is 0.00354. The molecule has 2 rings (SSSR count). The van der Waals surface area contributed by atoms with Gasteiger partial charge in [-0.25, -0.2) is 4.79 Å². The number of anilines is 1. The summed E-state index contributed by atoms with van der Waals surface area (Å²) >= 11 is 2.97. The van der Waals surface area contributed by atoms with Crippen molar-refractivity contribution in [3.63, 3.8) is 0 Å². The molecule has 1 aromatic heterocycles. The van der Waals surface area contributed by atoms with Crippen LogP contribution in [0, 0.1) is 0 Å². The van der Waals surface area contributed by atoms with E-state index in [1.807, 2.05) is 17.5 Å². The Morgan fingerprint density at radius 2 is 2.19 bits per heavy atom. The van der Waals surface area contributed by atoms with Crippen molar-refractivity contribution in [1.29, 1.82) is 0 Å². The van der Waals surface area contributed by atoms with E-state index in [0.717, 1.165) is 4.21 Å². The Balaban J connectivity index is 2.04. The third kappa shape index (κ3) is 4.24. The average molecular weight is 323 g/mol. The van der Waals surface area contributed by atoms with E-state index in [9.17, 15) is 9.59 Å². The fourth-order valence-electron chi connectivity index (χ4n) is 1.60. The van der Waals surface area contributed by atoms with Gasteiger partial charge in [0, 0.05) is 0 Å². The molecule has 1 heterocycles. The first kappa shape index (κ1) is 15.4. The molecule has 0 unspecified atom stereocenters. The van der Waals surface area contributed by atoms with E-state index in [1.54, 1.807) is 17.4 Å². The summed E-state index contributed by atoms with van der Waals surface area (Å²) in [6.07, 6.45) is 0. The minimum Gasteiger partial charge on any atom is -0.497 e. The van der Waals surface area contributed by atoms with Gasteiger partial charge in [-0.1, -0.05) is 6.07 Å². The topological polar surface area (TPSA) is 75.6 Å². The van der Waals surface area contributed by atoms with E-state index >= 15 is 0 Å². The largest absolute Gasteiger partial charge is 0.497 e. The highest BCUT2D eigenvalue weighted by Gasteiger charge is 2.14. The summed E-state index contributed by atoms with van der Waals surface area (Å²) in [6, 6.07) is 8.35. The molecule has 2 N–H and O–H groups in total. The number of amides is 1.